The second-order valence-electron chi connectivity index (χ2n) is 7.69. The highest BCUT2D eigenvalue weighted by Crippen LogP contribution is 2.22. The lowest BCUT2D eigenvalue weighted by Gasteiger charge is -2.34. The van der Waals surface area contributed by atoms with Crippen LogP contribution in [0.1, 0.15) is 44.1 Å². The van der Waals surface area contributed by atoms with Crippen molar-refractivity contribution in [2.45, 2.75) is 57.1 Å². The molecule has 2 amide bonds. The largest absolute Gasteiger partial charge is 0.497 e. The predicted octanol–water partition coefficient (Wildman–Crippen LogP) is 1.90. The lowest BCUT2D eigenvalue weighted by Crippen LogP contribution is -2.49. The van der Waals surface area contributed by atoms with Crippen molar-refractivity contribution in [3.8, 4) is 5.75 Å². The Bertz CT molecular complexity index is 638. The molecule has 2 fully saturated rings. The molecule has 0 bridgehead atoms. The molecule has 27 heavy (non-hydrogen) atoms. The number of benzene rings is 1. The Morgan fingerprint density at radius 1 is 1.19 bits per heavy atom. The summed E-state index contributed by atoms with van der Waals surface area (Å²) in [4.78, 5) is 26.7. The lowest BCUT2D eigenvalue weighted by molar-refractivity contribution is -0.138. The van der Waals surface area contributed by atoms with Crippen LogP contribution in [0.25, 0.3) is 0 Å². The van der Waals surface area contributed by atoms with Gasteiger partial charge < -0.3 is 20.1 Å². The summed E-state index contributed by atoms with van der Waals surface area (Å²) >= 11 is 0. The minimum atomic E-state index is -0.223. The third kappa shape index (κ3) is 5.45. The van der Waals surface area contributed by atoms with Crippen LogP contribution in [-0.2, 0) is 16.0 Å². The SMILES string of the molecule is COc1ccc(CCN2CC(C(=O)NC3CCC(O)CC3)CCC2=O)cc1. The summed E-state index contributed by atoms with van der Waals surface area (Å²) in [6.45, 7) is 1.13. The number of rotatable bonds is 6. The van der Waals surface area contributed by atoms with Crippen LogP contribution in [0.5, 0.6) is 5.75 Å². The normalized spacial score (nSPS) is 25.9. The molecule has 0 aromatic heterocycles. The monoisotopic (exact) mass is 374 g/mol. The van der Waals surface area contributed by atoms with Crippen molar-refractivity contribution < 1.29 is 19.4 Å². The molecule has 0 radical (unpaired) electrons. The van der Waals surface area contributed by atoms with Crippen molar-refractivity contribution in [2.75, 3.05) is 20.2 Å². The van der Waals surface area contributed by atoms with E-state index in [4.69, 9.17) is 4.74 Å². The lowest BCUT2D eigenvalue weighted by atomic mass is 9.91. The van der Waals surface area contributed by atoms with Crippen molar-refractivity contribution in [1.29, 1.82) is 0 Å². The third-order valence-corrected chi connectivity index (χ3v) is 5.74. The maximum atomic E-state index is 12.6. The van der Waals surface area contributed by atoms with Crippen molar-refractivity contribution in [3.05, 3.63) is 29.8 Å². The van der Waals surface area contributed by atoms with Crippen LogP contribution in [0, 0.1) is 5.92 Å². The van der Waals surface area contributed by atoms with Gasteiger partial charge in [-0.1, -0.05) is 12.1 Å². The van der Waals surface area contributed by atoms with E-state index >= 15 is 0 Å². The van der Waals surface area contributed by atoms with Crippen LogP contribution >= 0.6 is 0 Å². The van der Waals surface area contributed by atoms with E-state index in [1.165, 1.54) is 0 Å². The number of nitrogens with zero attached hydrogens (tertiary/aromatic N) is 1. The fourth-order valence-electron chi connectivity index (χ4n) is 3.94. The first-order valence-corrected chi connectivity index (χ1v) is 9.94. The average molecular weight is 374 g/mol. The number of hydrogen-bond acceptors (Lipinski definition) is 4. The van der Waals surface area contributed by atoms with Gasteiger partial charge in [-0.25, -0.2) is 0 Å². The molecule has 148 valence electrons. The van der Waals surface area contributed by atoms with Crippen LogP contribution in [0.4, 0.5) is 0 Å². The first-order chi connectivity index (χ1) is 13.0. The molecular weight excluding hydrogens is 344 g/mol. The van der Waals surface area contributed by atoms with E-state index in [-0.39, 0.29) is 29.9 Å². The second kappa shape index (κ2) is 9.22. The maximum Gasteiger partial charge on any atom is 0.225 e. The Hall–Kier alpha value is -2.08. The number of piperidine rings is 1. The summed E-state index contributed by atoms with van der Waals surface area (Å²) in [6.07, 6.45) is 4.77. The van der Waals surface area contributed by atoms with Crippen LogP contribution in [-0.4, -0.2) is 54.2 Å². The number of hydrogen-bond donors (Lipinski definition) is 2. The van der Waals surface area contributed by atoms with Gasteiger partial charge in [-0.3, -0.25) is 9.59 Å². The van der Waals surface area contributed by atoms with Gasteiger partial charge >= 0.3 is 0 Å². The second-order valence-corrected chi connectivity index (χ2v) is 7.69. The molecule has 3 rings (SSSR count). The van der Waals surface area contributed by atoms with E-state index in [1.807, 2.05) is 29.2 Å². The summed E-state index contributed by atoms with van der Waals surface area (Å²) in [5.41, 5.74) is 1.15. The summed E-state index contributed by atoms with van der Waals surface area (Å²) < 4.78 is 5.17. The summed E-state index contributed by atoms with van der Waals surface area (Å²) in [5, 5.41) is 12.7. The first kappa shape index (κ1) is 19.7. The van der Waals surface area contributed by atoms with Gasteiger partial charge in [0.25, 0.3) is 0 Å². The quantitative estimate of drug-likeness (QED) is 0.797. The minimum Gasteiger partial charge on any atom is -0.497 e. The highest BCUT2D eigenvalue weighted by Gasteiger charge is 2.31. The smallest absolute Gasteiger partial charge is 0.225 e. The van der Waals surface area contributed by atoms with E-state index in [9.17, 15) is 14.7 Å². The molecule has 6 heteroatoms. The van der Waals surface area contributed by atoms with Gasteiger partial charge in [0.05, 0.1) is 19.1 Å². The van der Waals surface area contributed by atoms with Crippen LogP contribution in [0.15, 0.2) is 24.3 Å². The van der Waals surface area contributed by atoms with Gasteiger partial charge in [0.1, 0.15) is 5.75 Å². The Morgan fingerprint density at radius 3 is 2.56 bits per heavy atom. The van der Waals surface area contributed by atoms with Crippen LogP contribution in [0.3, 0.4) is 0 Å². The molecule has 1 aromatic rings. The number of aliphatic hydroxyl groups excluding tert-OH is 1. The number of carbonyl (C=O) groups excluding carboxylic acids is 2. The highest BCUT2D eigenvalue weighted by atomic mass is 16.5. The van der Waals surface area contributed by atoms with E-state index < -0.39 is 0 Å². The molecule has 1 aliphatic heterocycles. The molecule has 2 aliphatic rings. The number of nitrogens with one attached hydrogen (secondary N) is 1. The molecule has 0 spiro atoms. The number of likely N-dealkylation sites (tertiary alicyclic amines) is 1. The fraction of sp³-hybridized carbons (Fsp3) is 0.619. The Morgan fingerprint density at radius 2 is 1.89 bits per heavy atom. The summed E-state index contributed by atoms with van der Waals surface area (Å²) in [7, 11) is 1.64. The molecule has 1 saturated heterocycles. The highest BCUT2D eigenvalue weighted by molar-refractivity contribution is 5.84. The van der Waals surface area contributed by atoms with E-state index in [0.29, 0.717) is 25.9 Å². The predicted molar refractivity (Wildman–Crippen MR) is 102 cm³/mol. The number of ether oxygens (including phenoxy) is 1. The minimum absolute atomic E-state index is 0.0540. The third-order valence-electron chi connectivity index (χ3n) is 5.74. The zero-order valence-corrected chi connectivity index (χ0v) is 16.0. The molecule has 6 nitrogen and oxygen atoms in total. The van der Waals surface area contributed by atoms with E-state index in [1.54, 1.807) is 7.11 Å². The molecule has 1 aliphatic carbocycles. The van der Waals surface area contributed by atoms with Gasteiger partial charge in [-0.2, -0.15) is 0 Å². The molecule has 1 unspecified atom stereocenters. The molecule has 1 aromatic carbocycles. The summed E-state index contributed by atoms with van der Waals surface area (Å²) in [5.74, 6) is 0.872. The standard InChI is InChI=1S/C21H30N2O4/c1-27-19-9-2-15(3-10-19)12-13-23-14-16(4-11-20(23)25)21(26)22-17-5-7-18(24)8-6-17/h2-3,9-10,16-18,24H,4-8,11-14H2,1H3,(H,22,26). The number of amides is 2. The van der Waals surface area contributed by atoms with E-state index in [2.05, 4.69) is 5.32 Å². The van der Waals surface area contributed by atoms with Crippen molar-refractivity contribution in [2.24, 2.45) is 5.92 Å². The average Bonchev–Trinajstić information content (AvgIpc) is 2.69. The van der Waals surface area contributed by atoms with Gasteiger partial charge in [-0.05, 0) is 56.2 Å². The number of carbonyl (C=O) groups is 2. The van der Waals surface area contributed by atoms with Crippen molar-refractivity contribution >= 4 is 11.8 Å². The zero-order valence-electron chi connectivity index (χ0n) is 16.0. The Labute approximate surface area is 160 Å². The topological polar surface area (TPSA) is 78.9 Å². The molecular formula is C21H30N2O4. The fourth-order valence-corrected chi connectivity index (χ4v) is 3.94. The van der Waals surface area contributed by atoms with Gasteiger partial charge in [0.15, 0.2) is 0 Å². The van der Waals surface area contributed by atoms with Crippen LogP contribution < -0.4 is 10.1 Å². The molecule has 1 saturated carbocycles. The van der Waals surface area contributed by atoms with Gasteiger partial charge in [-0.15, -0.1) is 0 Å². The Kier molecular flexibility index (Phi) is 6.72. The summed E-state index contributed by atoms with van der Waals surface area (Å²) in [6, 6.07) is 8.02. The zero-order chi connectivity index (χ0) is 19.2. The maximum absolute atomic E-state index is 12.6. The number of aliphatic hydroxyl groups is 1. The molecule has 1 atom stereocenters. The molecule has 2 N–H and O–H groups in total. The van der Waals surface area contributed by atoms with Crippen LogP contribution in [0.2, 0.25) is 0 Å². The first-order valence-electron chi connectivity index (χ1n) is 9.94. The number of methoxy groups -OCH3 is 1. The molecule has 1 heterocycles. The van der Waals surface area contributed by atoms with Gasteiger partial charge in [0, 0.05) is 25.6 Å². The Balaban J connectivity index is 1.49. The van der Waals surface area contributed by atoms with Crippen molar-refractivity contribution in [3.63, 3.8) is 0 Å². The van der Waals surface area contributed by atoms with Gasteiger partial charge in [0.2, 0.25) is 11.8 Å². The van der Waals surface area contributed by atoms with Crippen molar-refractivity contribution in [1.82, 2.24) is 10.2 Å². The van der Waals surface area contributed by atoms with E-state index in [0.717, 1.165) is 43.4 Å².